The molecule has 15 heavy (non-hydrogen) atoms. The Bertz CT molecular complexity index is 261. The molecule has 0 aliphatic heterocycles. The number of carboxylic acid groups (broad SMARTS) is 1. The van der Waals surface area contributed by atoms with Gasteiger partial charge in [0, 0.05) is 19.4 Å². The highest BCUT2D eigenvalue weighted by atomic mass is 16.4. The van der Waals surface area contributed by atoms with Crippen LogP contribution < -0.4 is 5.32 Å². The van der Waals surface area contributed by atoms with Gasteiger partial charge in [-0.15, -0.1) is 0 Å². The molecule has 1 atom stereocenters. The minimum atomic E-state index is -0.817. The summed E-state index contributed by atoms with van der Waals surface area (Å²) in [6.07, 6.45) is 7.45. The van der Waals surface area contributed by atoms with E-state index >= 15 is 0 Å². The molecule has 0 spiro atoms. The first-order valence-electron chi connectivity index (χ1n) is 5.33. The number of carbonyl (C=O) groups is 2. The average molecular weight is 211 g/mol. The molecule has 1 rings (SSSR count). The van der Waals surface area contributed by atoms with E-state index in [2.05, 4.69) is 17.5 Å². The lowest BCUT2D eigenvalue weighted by atomic mass is 10.1. The highest BCUT2D eigenvalue weighted by molar-refractivity contribution is 5.76. The molecule has 0 aromatic rings. The van der Waals surface area contributed by atoms with E-state index in [4.69, 9.17) is 5.11 Å². The molecule has 0 bridgehead atoms. The second kappa shape index (κ2) is 6.22. The molecular weight excluding hydrogens is 194 g/mol. The van der Waals surface area contributed by atoms with Crippen LogP contribution in [-0.2, 0) is 9.59 Å². The zero-order valence-corrected chi connectivity index (χ0v) is 8.74. The lowest BCUT2D eigenvalue weighted by Crippen LogP contribution is -2.26. The Labute approximate surface area is 89.4 Å². The van der Waals surface area contributed by atoms with Crippen molar-refractivity contribution in [2.45, 2.75) is 32.1 Å². The van der Waals surface area contributed by atoms with Crippen LogP contribution >= 0.6 is 0 Å². The lowest BCUT2D eigenvalue weighted by molar-refractivity contribution is -0.137. The summed E-state index contributed by atoms with van der Waals surface area (Å²) in [6, 6.07) is 0. The van der Waals surface area contributed by atoms with Gasteiger partial charge in [0.05, 0.1) is 0 Å². The van der Waals surface area contributed by atoms with Gasteiger partial charge in [-0.2, -0.15) is 0 Å². The minimum absolute atomic E-state index is 0.0249. The maximum absolute atomic E-state index is 11.4. The monoisotopic (exact) mass is 211 g/mol. The third kappa shape index (κ3) is 5.20. The molecule has 1 unspecified atom stereocenters. The fourth-order valence-corrected chi connectivity index (χ4v) is 1.64. The van der Waals surface area contributed by atoms with Crippen LogP contribution in [-0.4, -0.2) is 23.5 Å². The van der Waals surface area contributed by atoms with Crippen molar-refractivity contribution >= 4 is 11.9 Å². The van der Waals surface area contributed by atoms with Crippen molar-refractivity contribution in [1.82, 2.24) is 5.32 Å². The third-order valence-electron chi connectivity index (χ3n) is 2.45. The molecule has 0 radical (unpaired) electrons. The number of carbonyl (C=O) groups excluding carboxylic acids is 1. The number of carboxylic acids is 1. The van der Waals surface area contributed by atoms with E-state index in [-0.39, 0.29) is 12.3 Å². The summed E-state index contributed by atoms with van der Waals surface area (Å²) < 4.78 is 0. The van der Waals surface area contributed by atoms with Crippen molar-refractivity contribution in [2.75, 3.05) is 6.54 Å². The van der Waals surface area contributed by atoms with Gasteiger partial charge in [-0.1, -0.05) is 12.2 Å². The van der Waals surface area contributed by atoms with Gasteiger partial charge >= 0.3 is 5.97 Å². The zero-order valence-electron chi connectivity index (χ0n) is 8.74. The first-order chi connectivity index (χ1) is 7.18. The number of aliphatic carboxylic acids is 1. The maximum atomic E-state index is 11.4. The van der Waals surface area contributed by atoms with E-state index in [1.807, 2.05) is 0 Å². The van der Waals surface area contributed by atoms with Crippen LogP contribution in [0.25, 0.3) is 0 Å². The zero-order chi connectivity index (χ0) is 11.1. The van der Waals surface area contributed by atoms with E-state index in [9.17, 15) is 9.59 Å². The number of rotatable bonds is 6. The van der Waals surface area contributed by atoms with Gasteiger partial charge in [-0.3, -0.25) is 9.59 Å². The largest absolute Gasteiger partial charge is 0.481 e. The van der Waals surface area contributed by atoms with Crippen LogP contribution in [0.15, 0.2) is 12.2 Å². The standard InChI is InChI=1S/C11H17NO3/c13-10(8-9-4-1-2-5-9)12-7-3-6-11(14)15/h1,4,9H,2-3,5-8H2,(H,12,13)(H,14,15). The van der Waals surface area contributed by atoms with Crippen molar-refractivity contribution in [3.05, 3.63) is 12.2 Å². The molecule has 1 aliphatic carbocycles. The quantitative estimate of drug-likeness (QED) is 0.514. The Balaban J connectivity index is 2.03. The smallest absolute Gasteiger partial charge is 0.303 e. The van der Waals surface area contributed by atoms with E-state index in [1.54, 1.807) is 0 Å². The van der Waals surface area contributed by atoms with Crippen molar-refractivity contribution in [3.63, 3.8) is 0 Å². The molecule has 2 N–H and O–H groups in total. The highest BCUT2D eigenvalue weighted by Crippen LogP contribution is 2.19. The Kier molecular flexibility index (Phi) is 4.87. The molecule has 0 saturated heterocycles. The van der Waals surface area contributed by atoms with Crippen molar-refractivity contribution in [3.8, 4) is 0 Å². The highest BCUT2D eigenvalue weighted by Gasteiger charge is 2.13. The Morgan fingerprint density at radius 1 is 1.47 bits per heavy atom. The fraction of sp³-hybridized carbons (Fsp3) is 0.636. The van der Waals surface area contributed by atoms with Crippen molar-refractivity contribution < 1.29 is 14.7 Å². The first kappa shape index (κ1) is 11.8. The number of hydrogen-bond donors (Lipinski definition) is 2. The molecule has 1 aliphatic rings. The summed E-state index contributed by atoms with van der Waals surface area (Å²) in [5.74, 6) is -0.413. The Morgan fingerprint density at radius 3 is 2.87 bits per heavy atom. The molecule has 0 aromatic carbocycles. The van der Waals surface area contributed by atoms with Crippen LogP contribution in [0.1, 0.15) is 32.1 Å². The SMILES string of the molecule is O=C(O)CCCNC(=O)CC1C=CCC1. The van der Waals surface area contributed by atoms with Crippen LogP contribution in [0, 0.1) is 5.92 Å². The summed E-state index contributed by atoms with van der Waals surface area (Å²) in [6.45, 7) is 0.460. The second-order valence-electron chi connectivity index (χ2n) is 3.82. The number of allylic oxidation sites excluding steroid dienone is 2. The summed E-state index contributed by atoms with van der Waals surface area (Å²) in [5, 5.41) is 11.1. The molecular formula is C11H17NO3. The van der Waals surface area contributed by atoms with Gasteiger partial charge in [0.2, 0.25) is 5.91 Å². The second-order valence-corrected chi connectivity index (χ2v) is 3.82. The topological polar surface area (TPSA) is 66.4 Å². The predicted molar refractivity (Wildman–Crippen MR) is 56.4 cm³/mol. The third-order valence-corrected chi connectivity index (χ3v) is 2.45. The maximum Gasteiger partial charge on any atom is 0.303 e. The fourth-order valence-electron chi connectivity index (χ4n) is 1.64. The first-order valence-corrected chi connectivity index (χ1v) is 5.33. The van der Waals surface area contributed by atoms with Crippen molar-refractivity contribution in [1.29, 1.82) is 0 Å². The molecule has 0 fully saturated rings. The Morgan fingerprint density at radius 2 is 2.27 bits per heavy atom. The minimum Gasteiger partial charge on any atom is -0.481 e. The van der Waals surface area contributed by atoms with Gasteiger partial charge in [-0.05, 0) is 25.2 Å². The Hall–Kier alpha value is -1.32. The molecule has 84 valence electrons. The van der Waals surface area contributed by atoms with E-state index in [1.165, 1.54) is 0 Å². The predicted octanol–water partition coefficient (Wildman–Crippen LogP) is 1.32. The molecule has 0 heterocycles. The number of hydrogen-bond acceptors (Lipinski definition) is 2. The number of nitrogens with one attached hydrogen (secondary N) is 1. The van der Waals surface area contributed by atoms with Gasteiger partial charge in [0.25, 0.3) is 0 Å². The van der Waals surface area contributed by atoms with E-state index in [0.717, 1.165) is 12.8 Å². The summed E-state index contributed by atoms with van der Waals surface area (Å²) >= 11 is 0. The molecule has 0 aromatic heterocycles. The van der Waals surface area contributed by atoms with E-state index in [0.29, 0.717) is 25.3 Å². The van der Waals surface area contributed by atoms with Gasteiger partial charge in [0.15, 0.2) is 0 Å². The van der Waals surface area contributed by atoms with E-state index < -0.39 is 5.97 Å². The molecule has 4 heteroatoms. The summed E-state index contributed by atoms with van der Waals surface area (Å²) in [7, 11) is 0. The molecule has 0 saturated carbocycles. The van der Waals surface area contributed by atoms with Crippen LogP contribution in [0.5, 0.6) is 0 Å². The lowest BCUT2D eigenvalue weighted by Gasteiger charge is -2.07. The van der Waals surface area contributed by atoms with Gasteiger partial charge < -0.3 is 10.4 Å². The van der Waals surface area contributed by atoms with Crippen LogP contribution in [0.4, 0.5) is 0 Å². The summed E-state index contributed by atoms with van der Waals surface area (Å²) in [5.41, 5.74) is 0. The van der Waals surface area contributed by atoms with Crippen LogP contribution in [0.2, 0.25) is 0 Å². The molecule has 1 amide bonds. The van der Waals surface area contributed by atoms with Crippen LogP contribution in [0.3, 0.4) is 0 Å². The van der Waals surface area contributed by atoms with Crippen molar-refractivity contribution in [2.24, 2.45) is 5.92 Å². The normalized spacial score (nSPS) is 19.1. The van der Waals surface area contributed by atoms with Gasteiger partial charge in [-0.25, -0.2) is 0 Å². The van der Waals surface area contributed by atoms with Gasteiger partial charge in [0.1, 0.15) is 0 Å². The molecule has 4 nitrogen and oxygen atoms in total. The average Bonchev–Trinajstić information content (AvgIpc) is 2.64. The summed E-state index contributed by atoms with van der Waals surface area (Å²) in [4.78, 5) is 21.6. The number of amides is 1.